The number of hydrogen-bond donors (Lipinski definition) is 0. The number of hydrogen-bond acceptors (Lipinski definition) is 0. The van der Waals surface area contributed by atoms with E-state index in [0.29, 0.717) is 5.41 Å². The summed E-state index contributed by atoms with van der Waals surface area (Å²) in [4.78, 5) is 0. The molecule has 0 aliphatic heterocycles. The maximum absolute atomic E-state index is 2.50. The van der Waals surface area contributed by atoms with Gasteiger partial charge in [0.05, 0.1) is 0 Å². The maximum atomic E-state index is 2.50. The van der Waals surface area contributed by atoms with Crippen LogP contribution in [0.25, 0.3) is 0 Å². The Morgan fingerprint density at radius 2 is 1.47 bits per heavy atom. The fraction of sp³-hybridized carbons (Fsp3) is 1.00. The summed E-state index contributed by atoms with van der Waals surface area (Å²) >= 11 is 0. The largest absolute Gasteiger partial charge is 0.0651 e. The molecule has 0 saturated carbocycles. The van der Waals surface area contributed by atoms with Crippen LogP contribution in [0, 0.1) is 23.2 Å². The summed E-state index contributed by atoms with van der Waals surface area (Å²) in [6, 6.07) is 0. The molecule has 0 aromatic heterocycles. The average Bonchev–Trinajstić information content (AvgIpc) is 2.26. The zero-order valence-corrected chi connectivity index (χ0v) is 12.1. The highest BCUT2D eigenvalue weighted by Crippen LogP contribution is 2.42. The van der Waals surface area contributed by atoms with Crippen LogP contribution in [-0.4, -0.2) is 0 Å². The smallest absolute Gasteiger partial charge is 0.0298 e. The first-order valence-electron chi connectivity index (χ1n) is 6.91. The van der Waals surface area contributed by atoms with E-state index in [1.807, 2.05) is 0 Å². The molecule has 4 atom stereocenters. The Bertz CT molecular complexity index is 161. The molecule has 92 valence electrons. The molecular formula is C15H32. The SMILES string of the molecule is CCC(C)CC(C)(CC)C(C)C(C)CC. The van der Waals surface area contributed by atoms with Crippen LogP contribution in [0.2, 0.25) is 0 Å². The summed E-state index contributed by atoms with van der Waals surface area (Å²) in [6.45, 7) is 16.8. The molecule has 0 nitrogen and oxygen atoms in total. The molecule has 0 heterocycles. The summed E-state index contributed by atoms with van der Waals surface area (Å²) in [6.07, 6.45) is 5.36. The molecule has 0 rings (SSSR count). The summed E-state index contributed by atoms with van der Waals surface area (Å²) in [5, 5.41) is 0. The van der Waals surface area contributed by atoms with Gasteiger partial charge in [0.15, 0.2) is 0 Å². The molecule has 0 aliphatic carbocycles. The third-order valence-electron chi connectivity index (χ3n) is 4.92. The van der Waals surface area contributed by atoms with Gasteiger partial charge in [0, 0.05) is 0 Å². The third kappa shape index (κ3) is 4.17. The van der Waals surface area contributed by atoms with Gasteiger partial charge in [-0.15, -0.1) is 0 Å². The third-order valence-corrected chi connectivity index (χ3v) is 4.92. The van der Waals surface area contributed by atoms with Crippen molar-refractivity contribution in [2.45, 2.75) is 74.1 Å². The summed E-state index contributed by atoms with van der Waals surface area (Å²) in [7, 11) is 0. The van der Waals surface area contributed by atoms with E-state index < -0.39 is 0 Å². The van der Waals surface area contributed by atoms with Gasteiger partial charge in [-0.25, -0.2) is 0 Å². The Balaban J connectivity index is 4.53. The standard InChI is InChI=1S/C15H32/c1-8-12(4)11-15(7,10-3)14(6)13(5)9-2/h12-14H,8-11H2,1-7H3. The van der Waals surface area contributed by atoms with Crippen LogP contribution in [-0.2, 0) is 0 Å². The van der Waals surface area contributed by atoms with Crippen molar-refractivity contribution in [2.75, 3.05) is 0 Å². The van der Waals surface area contributed by atoms with Crippen molar-refractivity contribution in [2.24, 2.45) is 23.2 Å². The lowest BCUT2D eigenvalue weighted by Gasteiger charge is -2.40. The van der Waals surface area contributed by atoms with Gasteiger partial charge in [0.2, 0.25) is 0 Å². The first-order valence-corrected chi connectivity index (χ1v) is 6.91. The van der Waals surface area contributed by atoms with Gasteiger partial charge in [-0.3, -0.25) is 0 Å². The predicted octanol–water partition coefficient (Wildman–Crippen LogP) is 5.52. The summed E-state index contributed by atoms with van der Waals surface area (Å²) in [5.74, 6) is 2.59. The molecule has 0 saturated heterocycles. The van der Waals surface area contributed by atoms with E-state index in [1.165, 1.54) is 25.7 Å². The number of rotatable bonds is 7. The van der Waals surface area contributed by atoms with Crippen molar-refractivity contribution in [1.82, 2.24) is 0 Å². The molecule has 0 aliphatic rings. The van der Waals surface area contributed by atoms with Crippen LogP contribution in [0.15, 0.2) is 0 Å². The first-order chi connectivity index (χ1) is 6.91. The maximum Gasteiger partial charge on any atom is -0.0298 e. The minimum absolute atomic E-state index is 0.546. The molecule has 0 fully saturated rings. The molecule has 0 aromatic carbocycles. The second-order valence-electron chi connectivity index (χ2n) is 5.90. The van der Waals surface area contributed by atoms with Gasteiger partial charge in [0.1, 0.15) is 0 Å². The molecule has 0 bridgehead atoms. The lowest BCUT2D eigenvalue weighted by Crippen LogP contribution is -2.31. The van der Waals surface area contributed by atoms with Crippen LogP contribution < -0.4 is 0 Å². The van der Waals surface area contributed by atoms with Gasteiger partial charge in [-0.2, -0.15) is 0 Å². The predicted molar refractivity (Wildman–Crippen MR) is 71.1 cm³/mol. The van der Waals surface area contributed by atoms with E-state index in [9.17, 15) is 0 Å². The fourth-order valence-corrected chi connectivity index (χ4v) is 2.63. The van der Waals surface area contributed by atoms with E-state index >= 15 is 0 Å². The zero-order valence-electron chi connectivity index (χ0n) is 12.1. The minimum atomic E-state index is 0.546. The van der Waals surface area contributed by atoms with Crippen molar-refractivity contribution in [3.8, 4) is 0 Å². The Morgan fingerprint density at radius 1 is 0.933 bits per heavy atom. The molecule has 0 radical (unpaired) electrons. The van der Waals surface area contributed by atoms with Gasteiger partial charge < -0.3 is 0 Å². The van der Waals surface area contributed by atoms with Gasteiger partial charge in [-0.05, 0) is 29.6 Å². The highest BCUT2D eigenvalue weighted by atomic mass is 14.4. The van der Waals surface area contributed by atoms with Crippen molar-refractivity contribution in [3.63, 3.8) is 0 Å². The Morgan fingerprint density at radius 3 is 1.80 bits per heavy atom. The highest BCUT2D eigenvalue weighted by molar-refractivity contribution is 4.83. The van der Waals surface area contributed by atoms with E-state index in [-0.39, 0.29) is 0 Å². The molecule has 15 heavy (non-hydrogen) atoms. The van der Waals surface area contributed by atoms with Crippen LogP contribution in [0.3, 0.4) is 0 Å². The van der Waals surface area contributed by atoms with Crippen LogP contribution >= 0.6 is 0 Å². The summed E-state index contributed by atoms with van der Waals surface area (Å²) in [5.41, 5.74) is 0.546. The molecule has 0 aromatic rings. The highest BCUT2D eigenvalue weighted by Gasteiger charge is 2.32. The van der Waals surface area contributed by atoms with Crippen molar-refractivity contribution in [3.05, 3.63) is 0 Å². The van der Waals surface area contributed by atoms with E-state index in [4.69, 9.17) is 0 Å². The average molecular weight is 212 g/mol. The molecule has 0 amide bonds. The van der Waals surface area contributed by atoms with Crippen LogP contribution in [0.5, 0.6) is 0 Å². The summed E-state index contributed by atoms with van der Waals surface area (Å²) < 4.78 is 0. The zero-order chi connectivity index (χ0) is 12.1. The molecular weight excluding hydrogens is 180 g/mol. The van der Waals surface area contributed by atoms with Crippen molar-refractivity contribution >= 4 is 0 Å². The van der Waals surface area contributed by atoms with Crippen molar-refractivity contribution < 1.29 is 0 Å². The Hall–Kier alpha value is 0. The van der Waals surface area contributed by atoms with Crippen molar-refractivity contribution in [1.29, 1.82) is 0 Å². The quantitative estimate of drug-likeness (QED) is 0.521. The molecule has 4 unspecified atom stereocenters. The van der Waals surface area contributed by atoms with E-state index in [0.717, 1.165) is 17.8 Å². The first kappa shape index (κ1) is 15.0. The van der Waals surface area contributed by atoms with Crippen LogP contribution in [0.4, 0.5) is 0 Å². The lowest BCUT2D eigenvalue weighted by atomic mass is 9.65. The Labute approximate surface area is 97.8 Å². The topological polar surface area (TPSA) is 0 Å². The lowest BCUT2D eigenvalue weighted by molar-refractivity contribution is 0.101. The van der Waals surface area contributed by atoms with E-state index in [1.54, 1.807) is 0 Å². The van der Waals surface area contributed by atoms with Gasteiger partial charge in [-0.1, -0.05) is 67.7 Å². The second-order valence-corrected chi connectivity index (χ2v) is 5.90. The normalized spacial score (nSPS) is 21.8. The minimum Gasteiger partial charge on any atom is -0.0651 e. The molecule has 0 N–H and O–H groups in total. The van der Waals surface area contributed by atoms with Gasteiger partial charge in [0.25, 0.3) is 0 Å². The second kappa shape index (κ2) is 6.55. The molecule has 0 heteroatoms. The van der Waals surface area contributed by atoms with Gasteiger partial charge >= 0.3 is 0 Å². The van der Waals surface area contributed by atoms with Crippen LogP contribution in [0.1, 0.15) is 74.1 Å². The van der Waals surface area contributed by atoms with E-state index in [2.05, 4.69) is 48.5 Å². The fourth-order valence-electron chi connectivity index (χ4n) is 2.63. The monoisotopic (exact) mass is 212 g/mol. The molecule has 0 spiro atoms. The Kier molecular flexibility index (Phi) is 6.55.